The molecule has 0 saturated heterocycles. The lowest BCUT2D eigenvalue weighted by molar-refractivity contribution is -0.141. The number of nitrogens with one attached hydrogen (secondary N) is 2. The molecule has 13 heteroatoms. The highest BCUT2D eigenvalue weighted by Crippen LogP contribution is 2.30. The first-order chi connectivity index (χ1) is 24.7. The summed E-state index contributed by atoms with van der Waals surface area (Å²) in [5.41, 5.74) is 3.54. The van der Waals surface area contributed by atoms with Crippen molar-refractivity contribution in [1.29, 1.82) is 0 Å². The van der Waals surface area contributed by atoms with Crippen molar-refractivity contribution in [1.82, 2.24) is 24.6 Å². The Morgan fingerprint density at radius 3 is 2.29 bits per heavy atom. The van der Waals surface area contributed by atoms with Gasteiger partial charge < -0.3 is 15.7 Å². The van der Waals surface area contributed by atoms with Crippen LogP contribution < -0.4 is 10.6 Å². The zero-order valence-electron chi connectivity index (χ0n) is 29.1. The predicted molar refractivity (Wildman–Crippen MR) is 203 cm³/mol. The van der Waals surface area contributed by atoms with Gasteiger partial charge in [-0.05, 0) is 60.2 Å². The molecule has 3 heterocycles. The van der Waals surface area contributed by atoms with Crippen molar-refractivity contribution in [2.24, 2.45) is 0 Å². The maximum absolute atomic E-state index is 13.3. The molecule has 2 aromatic carbocycles. The van der Waals surface area contributed by atoms with Gasteiger partial charge in [-0.25, -0.2) is 22.4 Å². The molecule has 52 heavy (non-hydrogen) atoms. The number of carbonyl (C=O) groups is 3. The van der Waals surface area contributed by atoms with Crippen LogP contribution >= 0.6 is 11.3 Å². The Kier molecular flexibility index (Phi) is 10.3. The van der Waals surface area contributed by atoms with Crippen LogP contribution in [-0.2, 0) is 31.4 Å². The molecular formula is C39H39N5O6S2. The molecule has 0 radical (unpaired) electrons. The van der Waals surface area contributed by atoms with E-state index < -0.39 is 45.1 Å². The topological polar surface area (TPSA) is 160 Å². The molecule has 5 aromatic rings. The highest BCUT2D eigenvalue weighted by atomic mass is 32.2. The Bertz CT molecular complexity index is 2300. The van der Waals surface area contributed by atoms with Gasteiger partial charge in [-0.15, -0.1) is 11.3 Å². The predicted octanol–water partition coefficient (Wildman–Crippen LogP) is 6.12. The first-order valence-electron chi connectivity index (χ1n) is 16.8. The standard InChI is InChI=1S/C39H39N5O6S2/c1-24(38(47)48)42-36(45)31(43-37(46)33-16-17-34(51-33)39(2,3)4)20-25-10-12-26(13-11-25)35-40-22-29(23-41-35)27-14-15-32-28(21-27)18-19-44(32)52(49,50)30-8-6-5-7-9-30/h5-8,10-19,21-24,30-31H,9,20H2,1-4H3,(H,42,45)(H,43,46)(H,47,48)/t24-,30?,31+/m1/s1. The number of nitrogens with zero attached hydrogens (tertiary/aromatic N) is 3. The number of carboxylic acid groups (broad SMARTS) is 1. The van der Waals surface area contributed by atoms with Crippen LogP contribution in [0, 0.1) is 0 Å². The van der Waals surface area contributed by atoms with Gasteiger partial charge in [0, 0.05) is 46.4 Å². The summed E-state index contributed by atoms with van der Waals surface area (Å²) in [5, 5.41) is 14.8. The smallest absolute Gasteiger partial charge is 0.325 e. The van der Waals surface area contributed by atoms with E-state index in [0.29, 0.717) is 22.6 Å². The summed E-state index contributed by atoms with van der Waals surface area (Å²) in [4.78, 5) is 48.4. The number of thiophene rings is 1. The van der Waals surface area contributed by atoms with E-state index >= 15 is 0 Å². The van der Waals surface area contributed by atoms with Gasteiger partial charge in [-0.3, -0.25) is 14.4 Å². The van der Waals surface area contributed by atoms with E-state index in [9.17, 15) is 27.9 Å². The van der Waals surface area contributed by atoms with Crippen molar-refractivity contribution >= 4 is 50.0 Å². The van der Waals surface area contributed by atoms with Crippen LogP contribution in [0.1, 0.15) is 54.2 Å². The summed E-state index contributed by atoms with van der Waals surface area (Å²) in [6.45, 7) is 7.53. The fourth-order valence-electron chi connectivity index (χ4n) is 5.77. The number of hydrogen-bond acceptors (Lipinski definition) is 8. The summed E-state index contributed by atoms with van der Waals surface area (Å²) < 4.78 is 27.9. The molecule has 6 rings (SSSR count). The number of carbonyl (C=O) groups excluding carboxylic acids is 2. The fraction of sp³-hybridized carbons (Fsp3) is 0.256. The first-order valence-corrected chi connectivity index (χ1v) is 19.1. The normalized spacial score (nSPS) is 15.7. The minimum Gasteiger partial charge on any atom is -0.480 e. The molecule has 0 saturated carbocycles. The number of amides is 2. The average molecular weight is 738 g/mol. The summed E-state index contributed by atoms with van der Waals surface area (Å²) >= 11 is 1.35. The highest BCUT2D eigenvalue weighted by molar-refractivity contribution is 7.90. The van der Waals surface area contributed by atoms with E-state index in [1.165, 1.54) is 22.2 Å². The summed E-state index contributed by atoms with van der Waals surface area (Å²) in [6, 6.07) is 16.1. The zero-order valence-corrected chi connectivity index (χ0v) is 30.7. The summed E-state index contributed by atoms with van der Waals surface area (Å²) in [7, 11) is -3.61. The SMILES string of the molecule is C[C@@H](NC(=O)[C@H](Cc1ccc(-c2ncc(-c3ccc4c(ccn4S(=O)(=O)C4C=CC=CC4)c3)cn2)cc1)NC(=O)c1ccc(C(C)(C)C)s1)C(=O)O. The van der Waals surface area contributed by atoms with Crippen LogP contribution in [0.5, 0.6) is 0 Å². The van der Waals surface area contributed by atoms with Crippen LogP contribution in [0.25, 0.3) is 33.4 Å². The second-order valence-corrected chi connectivity index (χ2v) is 16.8. The number of hydrogen-bond donors (Lipinski definition) is 3. The molecule has 11 nitrogen and oxygen atoms in total. The van der Waals surface area contributed by atoms with Gasteiger partial charge in [0.25, 0.3) is 5.91 Å². The third-order valence-corrected chi connectivity index (χ3v) is 12.3. The molecule has 3 aromatic heterocycles. The third kappa shape index (κ3) is 7.90. The largest absolute Gasteiger partial charge is 0.480 e. The molecule has 0 bridgehead atoms. The lowest BCUT2D eigenvalue weighted by Crippen LogP contribution is -2.51. The molecule has 3 N–H and O–H groups in total. The molecule has 1 aliphatic carbocycles. The van der Waals surface area contributed by atoms with Crippen molar-refractivity contribution < 1.29 is 27.9 Å². The molecule has 1 aliphatic rings. The van der Waals surface area contributed by atoms with Crippen molar-refractivity contribution in [3.63, 3.8) is 0 Å². The van der Waals surface area contributed by atoms with E-state index in [-0.39, 0.29) is 11.8 Å². The number of rotatable bonds is 11. The summed E-state index contributed by atoms with van der Waals surface area (Å²) in [5.74, 6) is -1.72. The number of aromatic nitrogens is 3. The van der Waals surface area contributed by atoms with Crippen molar-refractivity contribution in [3.05, 3.63) is 119 Å². The van der Waals surface area contributed by atoms with Gasteiger partial charge in [-0.1, -0.05) is 75.4 Å². The lowest BCUT2D eigenvalue weighted by Gasteiger charge is -2.20. The molecular weight excluding hydrogens is 699 g/mol. The second kappa shape index (κ2) is 14.7. The average Bonchev–Trinajstić information content (AvgIpc) is 3.81. The Hall–Kier alpha value is -5.40. The van der Waals surface area contributed by atoms with Gasteiger partial charge in [0.15, 0.2) is 5.82 Å². The quantitative estimate of drug-likeness (QED) is 0.146. The maximum Gasteiger partial charge on any atom is 0.325 e. The highest BCUT2D eigenvalue weighted by Gasteiger charge is 2.28. The van der Waals surface area contributed by atoms with E-state index in [0.717, 1.165) is 32.5 Å². The Morgan fingerprint density at radius 2 is 1.65 bits per heavy atom. The number of fused-ring (bicyclic) bond motifs is 1. The van der Waals surface area contributed by atoms with Crippen molar-refractivity contribution in [2.45, 2.75) is 63.3 Å². The number of benzene rings is 2. The van der Waals surface area contributed by atoms with Crippen molar-refractivity contribution in [2.75, 3.05) is 0 Å². The molecule has 2 amide bonds. The number of allylic oxidation sites excluding steroid dienone is 3. The van der Waals surface area contributed by atoms with Crippen LogP contribution in [-0.4, -0.2) is 62.6 Å². The van der Waals surface area contributed by atoms with Crippen LogP contribution in [0.15, 0.2) is 104 Å². The van der Waals surface area contributed by atoms with E-state index in [4.69, 9.17) is 0 Å². The molecule has 0 aliphatic heterocycles. The Morgan fingerprint density at radius 1 is 0.942 bits per heavy atom. The lowest BCUT2D eigenvalue weighted by atomic mass is 9.95. The molecule has 0 spiro atoms. The first kappa shape index (κ1) is 36.4. The minimum atomic E-state index is -3.61. The monoisotopic (exact) mass is 737 g/mol. The van der Waals surface area contributed by atoms with Crippen molar-refractivity contribution in [3.8, 4) is 22.5 Å². The van der Waals surface area contributed by atoms with Gasteiger partial charge in [-0.2, -0.15) is 0 Å². The van der Waals surface area contributed by atoms with E-state index in [1.807, 2.05) is 54.6 Å². The molecule has 1 unspecified atom stereocenters. The fourth-order valence-corrected chi connectivity index (χ4v) is 8.35. The number of aliphatic carboxylic acids is 1. The third-order valence-electron chi connectivity index (χ3n) is 8.81. The molecule has 3 atom stereocenters. The van der Waals surface area contributed by atoms with Crippen LogP contribution in [0.4, 0.5) is 0 Å². The zero-order chi connectivity index (χ0) is 37.2. The minimum absolute atomic E-state index is 0.126. The second-order valence-electron chi connectivity index (χ2n) is 13.7. The maximum atomic E-state index is 13.3. The van der Waals surface area contributed by atoms with Gasteiger partial charge >= 0.3 is 5.97 Å². The number of carboxylic acids is 1. The van der Waals surface area contributed by atoms with E-state index in [1.54, 1.807) is 48.9 Å². The van der Waals surface area contributed by atoms with E-state index in [2.05, 4.69) is 41.4 Å². The Balaban J connectivity index is 1.16. The molecule has 268 valence electrons. The summed E-state index contributed by atoms with van der Waals surface area (Å²) in [6.07, 6.45) is 12.7. The van der Waals surface area contributed by atoms with Crippen LogP contribution in [0.2, 0.25) is 0 Å². The van der Waals surface area contributed by atoms with Crippen LogP contribution in [0.3, 0.4) is 0 Å². The van der Waals surface area contributed by atoms with Gasteiger partial charge in [0.2, 0.25) is 15.9 Å². The Labute approximate surface area is 306 Å². The molecule has 0 fully saturated rings. The van der Waals surface area contributed by atoms with Gasteiger partial charge in [0.05, 0.1) is 10.4 Å². The van der Waals surface area contributed by atoms with Gasteiger partial charge in [0.1, 0.15) is 17.3 Å².